The van der Waals surface area contributed by atoms with Gasteiger partial charge in [-0.05, 0) is 36.3 Å². The zero-order chi connectivity index (χ0) is 18.4. The molecule has 4 nitrogen and oxygen atoms in total. The molecule has 26 heavy (non-hydrogen) atoms. The summed E-state index contributed by atoms with van der Waals surface area (Å²) in [4.78, 5) is 0. The van der Waals surface area contributed by atoms with Gasteiger partial charge in [0.1, 0.15) is 0 Å². The Morgan fingerprint density at radius 1 is 1.04 bits per heavy atom. The molecule has 0 atom stereocenters. The van der Waals surface area contributed by atoms with Crippen LogP contribution in [0.1, 0.15) is 11.1 Å². The van der Waals surface area contributed by atoms with Crippen LogP contribution in [0.3, 0.4) is 0 Å². The number of nitrogens with one attached hydrogen (secondary N) is 2. The molecule has 0 aliphatic heterocycles. The van der Waals surface area contributed by atoms with Crippen molar-refractivity contribution in [2.75, 3.05) is 11.9 Å². The van der Waals surface area contributed by atoms with E-state index in [0.717, 1.165) is 24.2 Å². The molecule has 0 saturated heterocycles. The second-order valence-electron chi connectivity index (χ2n) is 5.74. The number of nitrogens with zero attached hydrogens (tertiary/aromatic N) is 2. The Morgan fingerprint density at radius 3 is 2.50 bits per heavy atom. The zero-order valence-electron chi connectivity index (χ0n) is 14.0. The summed E-state index contributed by atoms with van der Waals surface area (Å²) in [5.41, 5.74) is 2.92. The summed E-state index contributed by atoms with van der Waals surface area (Å²) in [5, 5.41) is 12.5. The molecule has 2 aromatic carbocycles. The first-order chi connectivity index (χ1) is 12.6. The molecule has 134 valence electrons. The molecule has 0 fully saturated rings. The third kappa shape index (κ3) is 5.21. The summed E-state index contributed by atoms with van der Waals surface area (Å²) in [6.07, 6.45) is 4.49. The predicted molar refractivity (Wildman–Crippen MR) is 112 cm³/mol. The second kappa shape index (κ2) is 9.03. The smallest absolute Gasteiger partial charge is 0.170 e. The minimum atomic E-state index is 0.494. The van der Waals surface area contributed by atoms with Gasteiger partial charge in [0.2, 0.25) is 0 Å². The van der Waals surface area contributed by atoms with Gasteiger partial charge in [0, 0.05) is 28.4 Å². The van der Waals surface area contributed by atoms with Gasteiger partial charge in [-0.1, -0.05) is 59.6 Å². The van der Waals surface area contributed by atoms with E-state index in [1.54, 1.807) is 10.9 Å². The SMILES string of the molecule is S=C(NCCc1ccccc1)Nc1cnn(Cc2c(Cl)cccc2Cl)c1. The summed E-state index contributed by atoms with van der Waals surface area (Å²) in [5.74, 6) is 0. The fraction of sp³-hybridized carbons (Fsp3) is 0.158. The van der Waals surface area contributed by atoms with Crippen LogP contribution in [0.2, 0.25) is 10.0 Å². The molecule has 0 amide bonds. The van der Waals surface area contributed by atoms with Crippen LogP contribution < -0.4 is 10.6 Å². The molecule has 1 aromatic heterocycles. The van der Waals surface area contributed by atoms with E-state index in [9.17, 15) is 0 Å². The van der Waals surface area contributed by atoms with E-state index >= 15 is 0 Å². The van der Waals surface area contributed by atoms with E-state index in [0.29, 0.717) is 21.7 Å². The highest BCUT2D eigenvalue weighted by molar-refractivity contribution is 7.80. The van der Waals surface area contributed by atoms with Crippen molar-refractivity contribution in [2.45, 2.75) is 13.0 Å². The number of thiocarbonyl (C=S) groups is 1. The topological polar surface area (TPSA) is 41.9 Å². The summed E-state index contributed by atoms with van der Waals surface area (Å²) in [7, 11) is 0. The highest BCUT2D eigenvalue weighted by atomic mass is 35.5. The lowest BCUT2D eigenvalue weighted by Crippen LogP contribution is -2.30. The molecule has 1 heterocycles. The van der Waals surface area contributed by atoms with E-state index in [1.807, 2.05) is 42.6 Å². The molecule has 0 unspecified atom stereocenters. The number of hydrogen-bond donors (Lipinski definition) is 2. The number of halogens is 2. The van der Waals surface area contributed by atoms with Crippen LogP contribution in [0.15, 0.2) is 60.9 Å². The van der Waals surface area contributed by atoms with E-state index in [2.05, 4.69) is 27.9 Å². The minimum Gasteiger partial charge on any atom is -0.362 e. The summed E-state index contributed by atoms with van der Waals surface area (Å²) in [6.45, 7) is 1.26. The van der Waals surface area contributed by atoms with E-state index in [-0.39, 0.29) is 0 Å². The summed E-state index contributed by atoms with van der Waals surface area (Å²) >= 11 is 17.7. The zero-order valence-corrected chi connectivity index (χ0v) is 16.3. The summed E-state index contributed by atoms with van der Waals surface area (Å²) in [6, 6.07) is 15.7. The van der Waals surface area contributed by atoms with Gasteiger partial charge in [-0.2, -0.15) is 5.10 Å². The molecule has 0 aliphatic carbocycles. The lowest BCUT2D eigenvalue weighted by atomic mass is 10.1. The van der Waals surface area contributed by atoms with Gasteiger partial charge < -0.3 is 10.6 Å². The number of benzene rings is 2. The van der Waals surface area contributed by atoms with Gasteiger partial charge in [0.25, 0.3) is 0 Å². The molecule has 2 N–H and O–H groups in total. The molecule has 0 radical (unpaired) electrons. The number of rotatable bonds is 6. The molecule has 7 heteroatoms. The highest BCUT2D eigenvalue weighted by Crippen LogP contribution is 2.25. The molecule has 0 spiro atoms. The van der Waals surface area contributed by atoms with Crippen LogP contribution >= 0.6 is 35.4 Å². The maximum atomic E-state index is 6.21. The fourth-order valence-corrected chi connectivity index (χ4v) is 3.24. The molecular weight excluding hydrogens is 387 g/mol. The van der Waals surface area contributed by atoms with Crippen molar-refractivity contribution in [3.8, 4) is 0 Å². The van der Waals surface area contributed by atoms with Crippen LogP contribution in [0, 0.1) is 0 Å². The quantitative estimate of drug-likeness (QED) is 0.580. The van der Waals surface area contributed by atoms with Crippen LogP contribution in [0.4, 0.5) is 5.69 Å². The van der Waals surface area contributed by atoms with E-state index in [4.69, 9.17) is 35.4 Å². The maximum absolute atomic E-state index is 6.21. The normalized spacial score (nSPS) is 10.5. The van der Waals surface area contributed by atoms with Gasteiger partial charge in [-0.25, -0.2) is 0 Å². The van der Waals surface area contributed by atoms with Crippen LogP contribution in [0.25, 0.3) is 0 Å². The molecule has 3 rings (SSSR count). The second-order valence-corrected chi connectivity index (χ2v) is 6.97. The third-order valence-corrected chi connectivity index (χ3v) is 4.77. The molecular formula is C19H18Cl2N4S. The average molecular weight is 405 g/mol. The van der Waals surface area contributed by atoms with Crippen LogP contribution in [-0.4, -0.2) is 21.4 Å². The Labute approximate surface area is 168 Å². The van der Waals surface area contributed by atoms with Gasteiger partial charge >= 0.3 is 0 Å². The minimum absolute atomic E-state index is 0.494. The number of hydrogen-bond acceptors (Lipinski definition) is 2. The first kappa shape index (κ1) is 18.7. The van der Waals surface area contributed by atoms with E-state index < -0.39 is 0 Å². The molecule has 0 saturated carbocycles. The molecule has 0 bridgehead atoms. The maximum Gasteiger partial charge on any atom is 0.170 e. The Bertz CT molecular complexity index is 860. The van der Waals surface area contributed by atoms with Crippen molar-refractivity contribution in [2.24, 2.45) is 0 Å². The highest BCUT2D eigenvalue weighted by Gasteiger charge is 2.08. The van der Waals surface area contributed by atoms with Crippen molar-refractivity contribution in [1.29, 1.82) is 0 Å². The lowest BCUT2D eigenvalue weighted by molar-refractivity contribution is 0.687. The Morgan fingerprint density at radius 2 is 1.77 bits per heavy atom. The van der Waals surface area contributed by atoms with Crippen molar-refractivity contribution < 1.29 is 0 Å². The Kier molecular flexibility index (Phi) is 6.50. The Balaban J connectivity index is 1.51. The fourth-order valence-electron chi connectivity index (χ4n) is 2.50. The van der Waals surface area contributed by atoms with Gasteiger partial charge in [-0.15, -0.1) is 0 Å². The van der Waals surface area contributed by atoms with Crippen molar-refractivity contribution in [3.05, 3.63) is 82.1 Å². The largest absolute Gasteiger partial charge is 0.362 e. The van der Waals surface area contributed by atoms with Crippen molar-refractivity contribution >= 4 is 46.2 Å². The van der Waals surface area contributed by atoms with E-state index in [1.165, 1.54) is 5.56 Å². The molecule has 3 aromatic rings. The van der Waals surface area contributed by atoms with Crippen LogP contribution in [0.5, 0.6) is 0 Å². The Hall–Kier alpha value is -2.08. The predicted octanol–water partition coefficient (Wildman–Crippen LogP) is 4.77. The molecule has 0 aliphatic rings. The van der Waals surface area contributed by atoms with Crippen molar-refractivity contribution in [1.82, 2.24) is 15.1 Å². The standard InChI is InChI=1S/C19H18Cl2N4S/c20-17-7-4-8-18(21)16(17)13-25-12-15(11-23-25)24-19(26)22-10-9-14-5-2-1-3-6-14/h1-8,11-12H,9-10,13H2,(H2,22,24,26). The first-order valence-electron chi connectivity index (χ1n) is 8.16. The number of aromatic nitrogens is 2. The number of anilines is 1. The van der Waals surface area contributed by atoms with Gasteiger partial charge in [0.05, 0.1) is 18.4 Å². The van der Waals surface area contributed by atoms with Gasteiger partial charge in [-0.3, -0.25) is 4.68 Å². The average Bonchev–Trinajstić information content (AvgIpc) is 3.06. The first-order valence-corrected chi connectivity index (χ1v) is 9.32. The summed E-state index contributed by atoms with van der Waals surface area (Å²) < 4.78 is 1.77. The monoisotopic (exact) mass is 404 g/mol. The van der Waals surface area contributed by atoms with Crippen LogP contribution in [-0.2, 0) is 13.0 Å². The van der Waals surface area contributed by atoms with Crippen molar-refractivity contribution in [3.63, 3.8) is 0 Å². The third-order valence-electron chi connectivity index (χ3n) is 3.81. The lowest BCUT2D eigenvalue weighted by Gasteiger charge is -2.09. The van der Waals surface area contributed by atoms with Gasteiger partial charge in [0.15, 0.2) is 5.11 Å².